The topological polar surface area (TPSA) is 112 Å². The Labute approximate surface area is 129 Å². The van der Waals surface area contributed by atoms with E-state index in [1.807, 2.05) is 6.92 Å². The van der Waals surface area contributed by atoms with E-state index in [1.165, 1.54) is 6.92 Å². The molecular weight excluding hydrogens is 310 g/mol. The predicted octanol–water partition coefficient (Wildman–Crippen LogP) is 1.25. The first-order chi connectivity index (χ1) is 10.1. The zero-order valence-electron chi connectivity index (χ0n) is 12.6. The molecule has 0 spiro atoms. The number of hydrogen-bond acceptors (Lipinski definition) is 4. The summed E-state index contributed by atoms with van der Waals surface area (Å²) in [5.74, 6) is -3.42. The van der Waals surface area contributed by atoms with E-state index < -0.39 is 33.8 Å². The van der Waals surface area contributed by atoms with Crippen molar-refractivity contribution in [3.63, 3.8) is 0 Å². The molecule has 0 heterocycles. The maximum absolute atomic E-state index is 12.2. The summed E-state index contributed by atoms with van der Waals surface area (Å²) in [6, 6.07) is 3.95. The van der Waals surface area contributed by atoms with Crippen LogP contribution in [0.15, 0.2) is 18.2 Å². The van der Waals surface area contributed by atoms with Crippen LogP contribution in [-0.4, -0.2) is 41.7 Å². The minimum absolute atomic E-state index is 0.369. The number of anilines is 1. The lowest BCUT2D eigenvalue weighted by Crippen LogP contribution is -2.46. The van der Waals surface area contributed by atoms with E-state index in [2.05, 4.69) is 0 Å². The predicted molar refractivity (Wildman–Crippen MR) is 81.6 cm³/mol. The molecule has 1 atom stereocenters. The normalized spacial score (nSPS) is 12.7. The highest BCUT2D eigenvalue weighted by atomic mass is 32.2. The van der Waals surface area contributed by atoms with Gasteiger partial charge in [0, 0.05) is 0 Å². The van der Waals surface area contributed by atoms with Crippen molar-refractivity contribution in [3.8, 4) is 0 Å². The highest BCUT2D eigenvalue weighted by molar-refractivity contribution is 7.86. The molecule has 1 amide bonds. The molecule has 0 bridgehead atoms. The van der Waals surface area contributed by atoms with Gasteiger partial charge in [0.1, 0.15) is 6.04 Å². The van der Waals surface area contributed by atoms with Gasteiger partial charge in [0.2, 0.25) is 5.91 Å². The molecule has 122 valence electrons. The number of benzene rings is 1. The van der Waals surface area contributed by atoms with Gasteiger partial charge in [0.15, 0.2) is 5.75 Å². The molecule has 1 aromatic rings. The van der Waals surface area contributed by atoms with Crippen LogP contribution in [0.3, 0.4) is 0 Å². The third-order valence-corrected chi connectivity index (χ3v) is 3.87. The van der Waals surface area contributed by atoms with Crippen LogP contribution in [0.25, 0.3) is 0 Å². The number of para-hydroxylation sites is 1. The van der Waals surface area contributed by atoms with Gasteiger partial charge < -0.3 is 5.11 Å². The molecule has 1 aromatic carbocycles. The summed E-state index contributed by atoms with van der Waals surface area (Å²) in [6.07, 6.45) is 0.541. The summed E-state index contributed by atoms with van der Waals surface area (Å²) in [5, 5.41) is 9.21. The molecule has 0 aliphatic heterocycles. The first-order valence-corrected chi connectivity index (χ1v) is 8.28. The molecule has 2 N–H and O–H groups in total. The van der Waals surface area contributed by atoms with Crippen LogP contribution < -0.4 is 4.90 Å². The van der Waals surface area contributed by atoms with E-state index in [-0.39, 0.29) is 0 Å². The van der Waals surface area contributed by atoms with Crippen molar-refractivity contribution in [1.29, 1.82) is 0 Å². The van der Waals surface area contributed by atoms with Gasteiger partial charge in [-0.25, -0.2) is 4.79 Å². The standard InChI is InChI=1S/C14H19NO6S/c1-4-11-7-5-6-9(2)13(11)15(10(3)14(17)18)12(16)8-22(19,20)21/h5-7,10H,4,8H2,1-3H3,(H,17,18)(H,19,20,21). The Bertz CT molecular complexity index is 683. The van der Waals surface area contributed by atoms with Crippen LogP contribution in [0.5, 0.6) is 0 Å². The number of aryl methyl sites for hydroxylation is 2. The number of carboxylic acids is 1. The fourth-order valence-electron chi connectivity index (χ4n) is 2.22. The van der Waals surface area contributed by atoms with E-state index >= 15 is 0 Å². The Balaban J connectivity index is 3.46. The average molecular weight is 329 g/mol. The number of carbonyl (C=O) groups excluding carboxylic acids is 1. The second-order valence-corrected chi connectivity index (χ2v) is 6.39. The van der Waals surface area contributed by atoms with E-state index in [0.717, 1.165) is 10.5 Å². The third kappa shape index (κ3) is 4.28. The van der Waals surface area contributed by atoms with Gasteiger partial charge in [-0.05, 0) is 31.4 Å². The van der Waals surface area contributed by atoms with Crippen LogP contribution in [0.4, 0.5) is 5.69 Å². The van der Waals surface area contributed by atoms with Gasteiger partial charge in [0.25, 0.3) is 10.1 Å². The maximum Gasteiger partial charge on any atom is 0.326 e. The number of aliphatic carboxylic acids is 1. The van der Waals surface area contributed by atoms with Gasteiger partial charge >= 0.3 is 5.97 Å². The van der Waals surface area contributed by atoms with Crippen molar-refractivity contribution in [2.24, 2.45) is 0 Å². The van der Waals surface area contributed by atoms with E-state index in [9.17, 15) is 23.1 Å². The molecular formula is C14H19NO6S. The van der Waals surface area contributed by atoms with Gasteiger partial charge in [-0.3, -0.25) is 14.2 Å². The Kier molecular flexibility index (Phi) is 5.67. The second kappa shape index (κ2) is 6.89. The fourth-order valence-corrected chi connectivity index (χ4v) is 2.67. The third-order valence-electron chi connectivity index (χ3n) is 3.26. The molecule has 0 aromatic heterocycles. The molecule has 8 heteroatoms. The average Bonchev–Trinajstić information content (AvgIpc) is 2.38. The Hall–Kier alpha value is -1.93. The molecule has 0 saturated heterocycles. The molecule has 0 radical (unpaired) electrons. The van der Waals surface area contributed by atoms with Gasteiger partial charge in [-0.15, -0.1) is 0 Å². The number of nitrogens with zero attached hydrogens (tertiary/aromatic N) is 1. The Morgan fingerprint density at radius 2 is 1.91 bits per heavy atom. The highest BCUT2D eigenvalue weighted by Crippen LogP contribution is 2.28. The van der Waals surface area contributed by atoms with Crippen molar-refractivity contribution in [2.75, 3.05) is 10.7 Å². The minimum Gasteiger partial charge on any atom is -0.480 e. The Morgan fingerprint density at radius 1 is 1.32 bits per heavy atom. The monoisotopic (exact) mass is 329 g/mol. The largest absolute Gasteiger partial charge is 0.480 e. The first-order valence-electron chi connectivity index (χ1n) is 6.67. The van der Waals surface area contributed by atoms with Crippen molar-refractivity contribution >= 4 is 27.7 Å². The molecule has 0 aliphatic rings. The first kappa shape index (κ1) is 18.1. The van der Waals surface area contributed by atoms with Crippen molar-refractivity contribution < 1.29 is 27.7 Å². The van der Waals surface area contributed by atoms with Crippen molar-refractivity contribution in [1.82, 2.24) is 0 Å². The van der Waals surface area contributed by atoms with Crippen molar-refractivity contribution in [3.05, 3.63) is 29.3 Å². The summed E-state index contributed by atoms with van der Waals surface area (Å²) in [7, 11) is -4.55. The number of carbonyl (C=O) groups is 2. The lowest BCUT2D eigenvalue weighted by molar-refractivity contribution is -0.139. The number of amides is 1. The van der Waals surface area contributed by atoms with Gasteiger partial charge in [-0.1, -0.05) is 25.1 Å². The molecule has 1 unspecified atom stereocenters. The van der Waals surface area contributed by atoms with Gasteiger partial charge in [-0.2, -0.15) is 8.42 Å². The van der Waals surface area contributed by atoms with Gasteiger partial charge in [0.05, 0.1) is 5.69 Å². The van der Waals surface area contributed by atoms with E-state index in [4.69, 9.17) is 4.55 Å². The van der Waals surface area contributed by atoms with Crippen LogP contribution >= 0.6 is 0 Å². The lowest BCUT2D eigenvalue weighted by atomic mass is 10.0. The molecule has 0 aliphatic carbocycles. The molecule has 7 nitrogen and oxygen atoms in total. The summed E-state index contributed by atoms with van der Waals surface area (Å²) in [6.45, 7) is 4.84. The zero-order valence-corrected chi connectivity index (χ0v) is 13.4. The SMILES string of the molecule is CCc1cccc(C)c1N(C(=O)CS(=O)(=O)O)C(C)C(=O)O. The second-order valence-electron chi connectivity index (χ2n) is 4.94. The summed E-state index contributed by atoms with van der Waals surface area (Å²) >= 11 is 0. The van der Waals surface area contributed by atoms with Crippen LogP contribution in [-0.2, 0) is 26.1 Å². The lowest BCUT2D eigenvalue weighted by Gasteiger charge is -2.29. The number of carboxylic acid groups (broad SMARTS) is 1. The molecule has 0 saturated carbocycles. The smallest absolute Gasteiger partial charge is 0.326 e. The number of hydrogen-bond donors (Lipinski definition) is 2. The maximum atomic E-state index is 12.2. The summed E-state index contributed by atoms with van der Waals surface area (Å²) in [4.78, 5) is 24.5. The van der Waals surface area contributed by atoms with Crippen LogP contribution in [0.2, 0.25) is 0 Å². The van der Waals surface area contributed by atoms with Crippen LogP contribution in [0.1, 0.15) is 25.0 Å². The fraction of sp³-hybridized carbons (Fsp3) is 0.429. The summed E-state index contributed by atoms with van der Waals surface area (Å²) in [5.41, 5.74) is 1.74. The van der Waals surface area contributed by atoms with Crippen molar-refractivity contribution in [2.45, 2.75) is 33.2 Å². The van der Waals surface area contributed by atoms with E-state index in [0.29, 0.717) is 17.7 Å². The molecule has 22 heavy (non-hydrogen) atoms. The highest BCUT2D eigenvalue weighted by Gasteiger charge is 2.31. The Morgan fingerprint density at radius 3 is 2.36 bits per heavy atom. The minimum atomic E-state index is -4.55. The zero-order chi connectivity index (χ0) is 17.1. The quantitative estimate of drug-likeness (QED) is 0.760. The van der Waals surface area contributed by atoms with E-state index in [1.54, 1.807) is 25.1 Å². The van der Waals surface area contributed by atoms with Crippen LogP contribution in [0, 0.1) is 6.92 Å². The summed E-state index contributed by atoms with van der Waals surface area (Å²) < 4.78 is 30.8. The number of rotatable bonds is 6. The molecule has 0 fully saturated rings. The molecule has 1 rings (SSSR count).